The van der Waals surface area contributed by atoms with Crippen molar-refractivity contribution in [2.45, 2.75) is 19.3 Å². The van der Waals surface area contributed by atoms with E-state index in [1.54, 1.807) is 0 Å². The van der Waals surface area contributed by atoms with Gasteiger partial charge in [-0.15, -0.1) is 0 Å². The lowest BCUT2D eigenvalue weighted by molar-refractivity contribution is 0.161. The number of rotatable bonds is 2. The Kier molecular flexibility index (Phi) is 2.83. The van der Waals surface area contributed by atoms with E-state index in [9.17, 15) is 0 Å². The first-order chi connectivity index (χ1) is 10.2. The Balaban J connectivity index is 1.73. The molecule has 0 amide bonds. The lowest BCUT2D eigenvalue weighted by atomic mass is 9.81. The summed E-state index contributed by atoms with van der Waals surface area (Å²) >= 11 is 0. The summed E-state index contributed by atoms with van der Waals surface area (Å²) in [5.41, 5.74) is 2.70. The van der Waals surface area contributed by atoms with Gasteiger partial charge in [0.15, 0.2) is 0 Å². The van der Waals surface area contributed by atoms with Gasteiger partial charge in [-0.25, -0.2) is 4.98 Å². The Morgan fingerprint density at radius 1 is 1.29 bits per heavy atom. The van der Waals surface area contributed by atoms with Crippen molar-refractivity contribution in [1.29, 1.82) is 0 Å². The molecule has 2 fully saturated rings. The first-order valence-electron chi connectivity index (χ1n) is 7.26. The van der Waals surface area contributed by atoms with Crippen LogP contribution in [0.5, 0.6) is 0 Å². The number of aryl methyl sites for hydroxylation is 2. The van der Waals surface area contributed by atoms with E-state index in [0.29, 0.717) is 24.2 Å². The number of pyridine rings is 1. The Morgan fingerprint density at radius 3 is 3.05 bits per heavy atom. The summed E-state index contributed by atoms with van der Waals surface area (Å²) in [7, 11) is 0. The maximum atomic E-state index is 5.64. The third kappa shape index (κ3) is 1.98. The van der Waals surface area contributed by atoms with Gasteiger partial charge in [-0.2, -0.15) is 4.98 Å². The normalized spacial score (nSPS) is 28.0. The smallest absolute Gasteiger partial charge is 0.237 e. The minimum absolute atomic E-state index is 0.163. The highest BCUT2D eigenvalue weighted by molar-refractivity contribution is 5.50. The van der Waals surface area contributed by atoms with Crippen molar-refractivity contribution in [3.63, 3.8) is 0 Å². The highest BCUT2D eigenvalue weighted by Crippen LogP contribution is 2.40. The van der Waals surface area contributed by atoms with E-state index in [2.05, 4.69) is 20.4 Å². The molecule has 6 nitrogen and oxygen atoms in total. The fourth-order valence-electron chi connectivity index (χ4n) is 3.38. The van der Waals surface area contributed by atoms with Crippen LogP contribution in [0, 0.1) is 19.8 Å². The molecule has 2 aliphatic rings. The van der Waals surface area contributed by atoms with Crippen LogP contribution in [0.1, 0.15) is 17.1 Å². The molecule has 0 spiro atoms. The van der Waals surface area contributed by atoms with Gasteiger partial charge in [-0.1, -0.05) is 5.16 Å². The number of hydrogen-bond donors (Lipinski definition) is 1. The summed E-state index contributed by atoms with van der Waals surface area (Å²) in [6.07, 6.45) is 0. The summed E-state index contributed by atoms with van der Waals surface area (Å²) in [4.78, 5) is 9.11. The largest absolute Gasteiger partial charge is 0.380 e. The van der Waals surface area contributed by atoms with E-state index in [1.165, 1.54) is 0 Å². The van der Waals surface area contributed by atoms with E-state index in [-0.39, 0.29) is 5.41 Å². The van der Waals surface area contributed by atoms with Crippen molar-refractivity contribution in [3.05, 3.63) is 29.3 Å². The van der Waals surface area contributed by atoms with Crippen molar-refractivity contribution in [1.82, 2.24) is 20.4 Å². The molecule has 0 radical (unpaired) electrons. The Bertz CT molecular complexity index is 652. The van der Waals surface area contributed by atoms with E-state index in [0.717, 1.165) is 36.6 Å². The second-order valence-corrected chi connectivity index (χ2v) is 6.09. The first-order valence-corrected chi connectivity index (χ1v) is 7.26. The van der Waals surface area contributed by atoms with Gasteiger partial charge in [-0.05, 0) is 31.5 Å². The Hall–Kier alpha value is -1.79. The van der Waals surface area contributed by atoms with Gasteiger partial charge in [0.05, 0.1) is 18.6 Å². The van der Waals surface area contributed by atoms with Crippen LogP contribution in [0.2, 0.25) is 0 Å². The molecular weight excluding hydrogens is 268 g/mol. The van der Waals surface area contributed by atoms with Crippen LogP contribution in [-0.4, -0.2) is 41.4 Å². The molecule has 110 valence electrons. The molecule has 1 N–H and O–H groups in total. The fraction of sp³-hybridized carbons (Fsp3) is 0.533. The van der Waals surface area contributed by atoms with Gasteiger partial charge < -0.3 is 14.6 Å². The van der Waals surface area contributed by atoms with Crippen LogP contribution in [0.3, 0.4) is 0 Å². The highest BCUT2D eigenvalue weighted by atomic mass is 16.5. The van der Waals surface area contributed by atoms with Crippen molar-refractivity contribution in [2.75, 3.05) is 26.3 Å². The zero-order valence-electron chi connectivity index (χ0n) is 12.2. The fourth-order valence-corrected chi connectivity index (χ4v) is 3.38. The van der Waals surface area contributed by atoms with Gasteiger partial charge in [0.2, 0.25) is 11.7 Å². The van der Waals surface area contributed by atoms with Crippen LogP contribution < -0.4 is 5.32 Å². The number of nitrogens with one attached hydrogen (secondary N) is 1. The number of nitrogens with zero attached hydrogens (tertiary/aromatic N) is 3. The standard InChI is InChI=1S/C15H18N4O2/c1-9-3-10(2)17-12(4-9)13-18-14(21-19-13)15-7-16-5-11(15)6-20-8-15/h3-4,11,16H,5-8H2,1-2H3/t11-,15-/m0/s1. The second kappa shape index (κ2) is 4.61. The van der Waals surface area contributed by atoms with Crippen molar-refractivity contribution in [3.8, 4) is 11.5 Å². The van der Waals surface area contributed by atoms with E-state index >= 15 is 0 Å². The van der Waals surface area contributed by atoms with Crippen LogP contribution in [0.4, 0.5) is 0 Å². The lowest BCUT2D eigenvalue weighted by Crippen LogP contribution is -2.35. The van der Waals surface area contributed by atoms with Gasteiger partial charge in [0.1, 0.15) is 5.69 Å². The molecule has 21 heavy (non-hydrogen) atoms. The summed E-state index contributed by atoms with van der Waals surface area (Å²) in [5.74, 6) is 1.65. The molecule has 2 aromatic rings. The third-order valence-corrected chi connectivity index (χ3v) is 4.47. The van der Waals surface area contributed by atoms with Crippen molar-refractivity contribution >= 4 is 0 Å². The van der Waals surface area contributed by atoms with Crippen molar-refractivity contribution < 1.29 is 9.26 Å². The summed E-state index contributed by atoms with van der Waals surface area (Å²) < 4.78 is 11.2. The van der Waals surface area contributed by atoms with Gasteiger partial charge in [0.25, 0.3) is 0 Å². The average molecular weight is 286 g/mol. The van der Waals surface area contributed by atoms with Gasteiger partial charge in [-0.3, -0.25) is 0 Å². The van der Waals surface area contributed by atoms with E-state index < -0.39 is 0 Å². The first kappa shape index (κ1) is 12.9. The van der Waals surface area contributed by atoms with Crippen LogP contribution in [0.25, 0.3) is 11.5 Å². The Morgan fingerprint density at radius 2 is 2.19 bits per heavy atom. The monoisotopic (exact) mass is 286 g/mol. The summed E-state index contributed by atoms with van der Waals surface area (Å²) in [5, 5.41) is 7.54. The molecule has 0 saturated carbocycles. The molecule has 0 bridgehead atoms. The number of aromatic nitrogens is 3. The van der Waals surface area contributed by atoms with E-state index in [4.69, 9.17) is 9.26 Å². The minimum Gasteiger partial charge on any atom is -0.380 e. The topological polar surface area (TPSA) is 73.1 Å². The molecular formula is C15H18N4O2. The molecule has 4 rings (SSSR count). The molecule has 2 atom stereocenters. The maximum Gasteiger partial charge on any atom is 0.237 e. The Labute approximate surface area is 122 Å². The molecule has 0 aliphatic carbocycles. The molecule has 6 heteroatoms. The van der Waals surface area contributed by atoms with Crippen LogP contribution in [-0.2, 0) is 10.2 Å². The zero-order valence-corrected chi connectivity index (χ0v) is 12.2. The highest BCUT2D eigenvalue weighted by Gasteiger charge is 2.52. The number of ether oxygens (including phenoxy) is 1. The summed E-state index contributed by atoms with van der Waals surface area (Å²) in [6.45, 7) is 7.19. The van der Waals surface area contributed by atoms with Gasteiger partial charge in [0, 0.05) is 24.7 Å². The maximum absolute atomic E-state index is 5.64. The van der Waals surface area contributed by atoms with Crippen molar-refractivity contribution in [2.24, 2.45) is 5.92 Å². The molecule has 2 aromatic heterocycles. The number of hydrogen-bond acceptors (Lipinski definition) is 6. The van der Waals surface area contributed by atoms with Crippen LogP contribution >= 0.6 is 0 Å². The van der Waals surface area contributed by atoms with Crippen LogP contribution in [0.15, 0.2) is 16.7 Å². The molecule has 0 aromatic carbocycles. The second-order valence-electron chi connectivity index (χ2n) is 6.09. The molecule has 2 saturated heterocycles. The zero-order chi connectivity index (χ0) is 14.4. The predicted molar refractivity (Wildman–Crippen MR) is 75.9 cm³/mol. The number of fused-ring (bicyclic) bond motifs is 1. The molecule has 2 aliphatic heterocycles. The molecule has 4 heterocycles. The molecule has 0 unspecified atom stereocenters. The SMILES string of the molecule is Cc1cc(C)nc(-c2noc([C@]34CNC[C@H]3COC4)n2)c1. The minimum atomic E-state index is -0.163. The summed E-state index contributed by atoms with van der Waals surface area (Å²) in [6, 6.07) is 4.01. The lowest BCUT2D eigenvalue weighted by Gasteiger charge is -2.20. The third-order valence-electron chi connectivity index (χ3n) is 4.47. The quantitative estimate of drug-likeness (QED) is 0.895. The average Bonchev–Trinajstić information content (AvgIpc) is 3.12. The predicted octanol–water partition coefficient (Wildman–Crippen LogP) is 1.24. The van der Waals surface area contributed by atoms with E-state index in [1.807, 2.05) is 26.0 Å². The van der Waals surface area contributed by atoms with Gasteiger partial charge >= 0.3 is 0 Å².